The summed E-state index contributed by atoms with van der Waals surface area (Å²) in [6.45, 7) is 1.78. The van der Waals surface area contributed by atoms with E-state index in [0.29, 0.717) is 11.4 Å². The van der Waals surface area contributed by atoms with Crippen molar-refractivity contribution in [3.63, 3.8) is 0 Å². The third-order valence-electron chi connectivity index (χ3n) is 4.76. The minimum atomic E-state index is -3.66. The highest BCUT2D eigenvalue weighted by Crippen LogP contribution is 2.24. The van der Waals surface area contributed by atoms with Crippen molar-refractivity contribution in [3.05, 3.63) is 84.4 Å². The zero-order valence-corrected chi connectivity index (χ0v) is 18.0. The van der Waals surface area contributed by atoms with Gasteiger partial charge in [-0.25, -0.2) is 8.42 Å². The van der Waals surface area contributed by atoms with Crippen LogP contribution < -0.4 is 13.9 Å². The number of ether oxygens (including phenoxy) is 1. The highest BCUT2D eigenvalue weighted by molar-refractivity contribution is 7.92. The topological polar surface area (TPSA) is 66.9 Å². The first-order valence-electron chi connectivity index (χ1n) is 9.39. The number of rotatable bonds is 7. The fraction of sp³-hybridized carbons (Fsp3) is 0.174. The molecule has 0 saturated carbocycles. The monoisotopic (exact) mass is 424 g/mol. The lowest BCUT2D eigenvalue weighted by Crippen LogP contribution is -2.31. The van der Waals surface area contributed by atoms with Gasteiger partial charge in [0.25, 0.3) is 15.9 Å². The van der Waals surface area contributed by atoms with Crippen LogP contribution in [-0.2, 0) is 14.8 Å². The summed E-state index contributed by atoms with van der Waals surface area (Å²) in [6.07, 6.45) is 0. The molecule has 0 aliphatic rings. The Labute approximate surface area is 177 Å². The van der Waals surface area contributed by atoms with Crippen LogP contribution in [0.5, 0.6) is 5.75 Å². The van der Waals surface area contributed by atoms with Crippen LogP contribution in [0.1, 0.15) is 5.56 Å². The summed E-state index contributed by atoms with van der Waals surface area (Å²) in [5.74, 6) is 0.291. The molecule has 3 aromatic rings. The molecule has 6 nitrogen and oxygen atoms in total. The van der Waals surface area contributed by atoms with Gasteiger partial charge in [-0.15, -0.1) is 0 Å². The molecule has 0 bridgehead atoms. The maximum atomic E-state index is 12.8. The largest absolute Gasteiger partial charge is 0.484 e. The molecule has 0 aliphatic carbocycles. The molecule has 30 heavy (non-hydrogen) atoms. The number of aryl methyl sites for hydroxylation is 1. The molecule has 0 N–H and O–H groups in total. The van der Waals surface area contributed by atoms with Gasteiger partial charge in [0.05, 0.1) is 10.6 Å². The molecule has 3 rings (SSSR count). The quantitative estimate of drug-likeness (QED) is 0.578. The molecule has 7 heteroatoms. The van der Waals surface area contributed by atoms with Crippen molar-refractivity contribution in [1.82, 2.24) is 0 Å². The summed E-state index contributed by atoms with van der Waals surface area (Å²) in [4.78, 5) is 14.1. The number of hydrogen-bond acceptors (Lipinski definition) is 4. The number of anilines is 2. The van der Waals surface area contributed by atoms with E-state index >= 15 is 0 Å². The molecule has 0 spiro atoms. The number of amides is 1. The van der Waals surface area contributed by atoms with Gasteiger partial charge in [0, 0.05) is 19.8 Å². The average molecular weight is 425 g/mol. The minimum absolute atomic E-state index is 0.123. The summed E-state index contributed by atoms with van der Waals surface area (Å²) in [5.41, 5.74) is 2.27. The lowest BCUT2D eigenvalue weighted by atomic mass is 10.2. The van der Waals surface area contributed by atoms with E-state index in [0.717, 1.165) is 11.3 Å². The van der Waals surface area contributed by atoms with E-state index < -0.39 is 10.0 Å². The number of likely N-dealkylation sites (N-methyl/N-ethyl adjacent to an activating group) is 1. The fourth-order valence-corrected chi connectivity index (χ4v) is 3.99. The third kappa shape index (κ3) is 4.80. The molecule has 156 valence electrons. The number of para-hydroxylation sites is 1. The minimum Gasteiger partial charge on any atom is -0.484 e. The number of sulfonamides is 1. The number of hydrogen-bond donors (Lipinski definition) is 0. The van der Waals surface area contributed by atoms with E-state index in [1.54, 1.807) is 55.6 Å². The van der Waals surface area contributed by atoms with Gasteiger partial charge in [-0.1, -0.05) is 35.9 Å². The van der Waals surface area contributed by atoms with Gasteiger partial charge in [-0.2, -0.15) is 0 Å². The van der Waals surface area contributed by atoms with Gasteiger partial charge in [0.1, 0.15) is 5.75 Å². The maximum absolute atomic E-state index is 12.8. The molecule has 0 unspecified atom stereocenters. The predicted octanol–water partition coefficient (Wildman–Crippen LogP) is 3.86. The Morgan fingerprint density at radius 2 is 1.43 bits per heavy atom. The molecule has 0 atom stereocenters. The number of carbonyl (C=O) groups excluding carboxylic acids is 1. The van der Waals surface area contributed by atoms with Gasteiger partial charge in [0.15, 0.2) is 6.61 Å². The SMILES string of the molecule is Cc1ccc(S(=O)(=O)N(C)c2ccc(OCC(=O)N(C)c3ccccc3)cc2)cc1. The highest BCUT2D eigenvalue weighted by atomic mass is 32.2. The van der Waals surface area contributed by atoms with Crippen molar-refractivity contribution in [2.24, 2.45) is 0 Å². The van der Waals surface area contributed by atoms with Crippen LogP contribution in [-0.4, -0.2) is 35.0 Å². The van der Waals surface area contributed by atoms with Gasteiger partial charge < -0.3 is 9.64 Å². The molecule has 0 saturated heterocycles. The lowest BCUT2D eigenvalue weighted by molar-refractivity contribution is -0.120. The predicted molar refractivity (Wildman–Crippen MR) is 119 cm³/mol. The zero-order chi connectivity index (χ0) is 21.7. The first-order valence-corrected chi connectivity index (χ1v) is 10.8. The van der Waals surface area contributed by atoms with E-state index in [1.165, 1.54) is 16.3 Å². The highest BCUT2D eigenvalue weighted by Gasteiger charge is 2.21. The van der Waals surface area contributed by atoms with Gasteiger partial charge in [-0.05, 0) is 55.5 Å². The Morgan fingerprint density at radius 1 is 0.833 bits per heavy atom. The zero-order valence-electron chi connectivity index (χ0n) is 17.1. The molecular weight excluding hydrogens is 400 g/mol. The summed E-state index contributed by atoms with van der Waals surface area (Å²) in [7, 11) is -0.465. The molecule has 1 amide bonds. The van der Waals surface area contributed by atoms with Crippen molar-refractivity contribution in [2.75, 3.05) is 29.9 Å². The van der Waals surface area contributed by atoms with Crippen LogP contribution in [0.4, 0.5) is 11.4 Å². The van der Waals surface area contributed by atoms with E-state index in [4.69, 9.17) is 4.74 Å². The second kappa shape index (κ2) is 9.00. The van der Waals surface area contributed by atoms with Crippen LogP contribution in [0.25, 0.3) is 0 Å². The van der Waals surface area contributed by atoms with Crippen molar-refractivity contribution in [2.45, 2.75) is 11.8 Å². The molecule has 3 aromatic carbocycles. The van der Waals surface area contributed by atoms with Gasteiger partial charge >= 0.3 is 0 Å². The average Bonchev–Trinajstić information content (AvgIpc) is 2.77. The van der Waals surface area contributed by atoms with Crippen LogP contribution in [0.3, 0.4) is 0 Å². The van der Waals surface area contributed by atoms with Crippen LogP contribution >= 0.6 is 0 Å². The Morgan fingerprint density at radius 3 is 2.03 bits per heavy atom. The van der Waals surface area contributed by atoms with Crippen molar-refractivity contribution in [1.29, 1.82) is 0 Å². The molecule has 0 heterocycles. The molecular formula is C23H24N2O4S. The Hall–Kier alpha value is -3.32. The standard InChI is InChI=1S/C23H24N2O4S/c1-18-9-15-22(16-10-18)30(27,28)25(3)20-11-13-21(14-12-20)29-17-23(26)24(2)19-7-5-4-6-8-19/h4-16H,17H2,1-3H3. The Bertz CT molecular complexity index is 1100. The molecule has 0 radical (unpaired) electrons. The van der Waals surface area contributed by atoms with E-state index in [2.05, 4.69) is 0 Å². The summed E-state index contributed by atoms with van der Waals surface area (Å²) >= 11 is 0. The summed E-state index contributed by atoms with van der Waals surface area (Å²) in [6, 6.07) is 22.6. The molecule has 0 aliphatic heterocycles. The number of carbonyl (C=O) groups is 1. The van der Waals surface area contributed by atoms with Crippen molar-refractivity contribution >= 4 is 27.3 Å². The fourth-order valence-electron chi connectivity index (χ4n) is 2.80. The smallest absolute Gasteiger partial charge is 0.264 e. The van der Waals surface area contributed by atoms with Crippen molar-refractivity contribution < 1.29 is 17.9 Å². The Balaban J connectivity index is 1.64. The second-order valence-electron chi connectivity index (χ2n) is 6.86. The van der Waals surface area contributed by atoms with E-state index in [-0.39, 0.29) is 17.4 Å². The Kier molecular flexibility index (Phi) is 6.42. The van der Waals surface area contributed by atoms with Gasteiger partial charge in [-0.3, -0.25) is 9.10 Å². The van der Waals surface area contributed by atoms with E-state index in [1.807, 2.05) is 37.3 Å². The van der Waals surface area contributed by atoms with Crippen LogP contribution in [0.15, 0.2) is 83.8 Å². The summed E-state index contributed by atoms with van der Waals surface area (Å²) < 4.78 is 32.4. The first-order chi connectivity index (χ1) is 14.3. The number of benzene rings is 3. The molecule has 0 aromatic heterocycles. The number of nitrogens with zero attached hydrogens (tertiary/aromatic N) is 2. The maximum Gasteiger partial charge on any atom is 0.264 e. The normalized spacial score (nSPS) is 11.0. The summed E-state index contributed by atoms with van der Waals surface area (Å²) in [5, 5.41) is 0. The molecule has 0 fully saturated rings. The van der Waals surface area contributed by atoms with E-state index in [9.17, 15) is 13.2 Å². The van der Waals surface area contributed by atoms with Crippen LogP contribution in [0.2, 0.25) is 0 Å². The second-order valence-corrected chi connectivity index (χ2v) is 8.83. The first kappa shape index (κ1) is 21.4. The van der Waals surface area contributed by atoms with Gasteiger partial charge in [0.2, 0.25) is 0 Å². The third-order valence-corrected chi connectivity index (χ3v) is 6.56. The lowest BCUT2D eigenvalue weighted by Gasteiger charge is -2.20. The van der Waals surface area contributed by atoms with Crippen molar-refractivity contribution in [3.8, 4) is 5.75 Å². The van der Waals surface area contributed by atoms with Crippen LogP contribution in [0, 0.1) is 6.92 Å².